The van der Waals surface area contributed by atoms with E-state index < -0.39 is 11.9 Å². The molecule has 8 heteroatoms. The lowest BCUT2D eigenvalue weighted by molar-refractivity contribution is 0.0517. The Morgan fingerprint density at radius 1 is 0.722 bits per heavy atom. The average molecular weight is 486 g/mol. The van der Waals surface area contributed by atoms with Gasteiger partial charge in [-0.15, -0.1) is 0 Å². The van der Waals surface area contributed by atoms with Gasteiger partial charge in [0.05, 0.1) is 25.7 Å². The van der Waals surface area contributed by atoms with E-state index in [1.54, 1.807) is 87.1 Å². The predicted molar refractivity (Wildman–Crippen MR) is 133 cm³/mol. The van der Waals surface area contributed by atoms with Crippen LogP contribution >= 0.6 is 0 Å². The van der Waals surface area contributed by atoms with Gasteiger partial charge in [-0.2, -0.15) is 0 Å². The van der Waals surface area contributed by atoms with E-state index in [4.69, 9.17) is 27.1 Å². The summed E-state index contributed by atoms with van der Waals surface area (Å²) in [5.74, 6) is 0.703. The number of carbonyl (C=O) groups is 2. The molecule has 0 spiro atoms. The van der Waals surface area contributed by atoms with Gasteiger partial charge in [-0.25, -0.2) is 9.59 Å². The molecule has 4 aromatic heterocycles. The molecule has 5 rings (SSSR count). The molecule has 0 fully saturated rings. The molecule has 0 saturated heterocycles. The molecule has 0 amide bonds. The number of hydrogen-bond acceptors (Lipinski definition) is 8. The summed E-state index contributed by atoms with van der Waals surface area (Å²) in [4.78, 5) is 25.7. The molecule has 182 valence electrons. The number of benzene rings is 1. The highest BCUT2D eigenvalue weighted by molar-refractivity contribution is 6.14. The minimum Gasteiger partial charge on any atom is -0.465 e. The monoisotopic (exact) mass is 486 g/mol. The first-order valence-corrected chi connectivity index (χ1v) is 11.4. The Kier molecular flexibility index (Phi) is 6.32. The summed E-state index contributed by atoms with van der Waals surface area (Å²) in [5.41, 5.74) is 1.27. The summed E-state index contributed by atoms with van der Waals surface area (Å²) in [6.07, 6.45) is 9.74. The third kappa shape index (κ3) is 4.36. The first kappa shape index (κ1) is 23.0. The molecular weight excluding hydrogens is 464 g/mol. The maximum absolute atomic E-state index is 12.9. The Morgan fingerprint density at radius 2 is 1.17 bits per heavy atom. The van der Waals surface area contributed by atoms with Gasteiger partial charge in [0.15, 0.2) is 0 Å². The van der Waals surface area contributed by atoms with Crippen LogP contribution in [0.4, 0.5) is 0 Å². The minimum absolute atomic E-state index is 0.199. The van der Waals surface area contributed by atoms with E-state index in [0.717, 1.165) is 0 Å². The smallest absolute Gasteiger partial charge is 0.342 e. The maximum atomic E-state index is 12.9. The third-order valence-corrected chi connectivity index (χ3v) is 5.40. The lowest BCUT2D eigenvalue weighted by Gasteiger charge is -2.01. The fourth-order valence-corrected chi connectivity index (χ4v) is 3.87. The Hall–Kier alpha value is -4.72. The highest BCUT2D eigenvalue weighted by Gasteiger charge is 2.26. The number of furan rings is 4. The van der Waals surface area contributed by atoms with Gasteiger partial charge >= 0.3 is 11.9 Å². The van der Waals surface area contributed by atoms with Gasteiger partial charge in [-0.1, -0.05) is 0 Å². The Morgan fingerprint density at radius 3 is 1.53 bits per heavy atom. The third-order valence-electron chi connectivity index (χ3n) is 5.40. The van der Waals surface area contributed by atoms with Crippen LogP contribution in [0.15, 0.2) is 66.6 Å². The number of carbonyl (C=O) groups excluding carboxylic acids is 2. The van der Waals surface area contributed by atoms with Crippen LogP contribution in [0.5, 0.6) is 0 Å². The SMILES string of the molecule is CCOC(=O)c1c(/C=C/c2ccco2)oc2cc3c(C(=O)OCC)c(/C=C/c4ccco4)oc3cc12. The number of fused-ring (bicyclic) bond motifs is 2. The molecule has 0 radical (unpaired) electrons. The van der Waals surface area contributed by atoms with E-state index in [1.807, 2.05) is 0 Å². The second-order valence-corrected chi connectivity index (χ2v) is 7.67. The van der Waals surface area contributed by atoms with Crippen molar-refractivity contribution in [2.45, 2.75) is 13.8 Å². The number of ether oxygens (including phenoxy) is 2. The van der Waals surface area contributed by atoms with E-state index in [1.165, 1.54) is 0 Å². The van der Waals surface area contributed by atoms with Crippen molar-refractivity contribution in [2.75, 3.05) is 13.2 Å². The van der Waals surface area contributed by atoms with Crippen molar-refractivity contribution in [3.05, 3.63) is 83.1 Å². The molecule has 5 aromatic rings. The van der Waals surface area contributed by atoms with Crippen molar-refractivity contribution in [3.8, 4) is 0 Å². The Labute approximate surface area is 205 Å². The van der Waals surface area contributed by atoms with Crippen LogP contribution in [0.3, 0.4) is 0 Å². The van der Waals surface area contributed by atoms with Crippen molar-refractivity contribution >= 4 is 58.2 Å². The first-order valence-electron chi connectivity index (χ1n) is 11.4. The molecule has 0 unspecified atom stereocenters. The lowest BCUT2D eigenvalue weighted by atomic mass is 10.1. The molecular formula is C28H22O8. The average Bonchev–Trinajstić information content (AvgIpc) is 3.66. The van der Waals surface area contributed by atoms with Gasteiger partial charge in [-0.05, 0) is 74.5 Å². The van der Waals surface area contributed by atoms with Crippen molar-refractivity contribution in [1.82, 2.24) is 0 Å². The molecule has 4 heterocycles. The zero-order chi connectivity index (χ0) is 25.1. The van der Waals surface area contributed by atoms with Crippen LogP contribution in [0.2, 0.25) is 0 Å². The maximum Gasteiger partial charge on any atom is 0.342 e. The molecule has 8 nitrogen and oxygen atoms in total. The van der Waals surface area contributed by atoms with Crippen LogP contribution in [-0.4, -0.2) is 25.2 Å². The molecule has 1 aromatic carbocycles. The lowest BCUT2D eigenvalue weighted by Crippen LogP contribution is -2.05. The van der Waals surface area contributed by atoms with E-state index in [0.29, 0.717) is 45.0 Å². The Balaban J connectivity index is 1.68. The summed E-state index contributed by atoms with van der Waals surface area (Å²) < 4.78 is 33.3. The van der Waals surface area contributed by atoms with E-state index >= 15 is 0 Å². The number of rotatable bonds is 8. The van der Waals surface area contributed by atoms with Crippen LogP contribution in [0.1, 0.15) is 57.6 Å². The van der Waals surface area contributed by atoms with Gasteiger partial charge < -0.3 is 27.1 Å². The van der Waals surface area contributed by atoms with Crippen molar-refractivity contribution in [2.24, 2.45) is 0 Å². The molecule has 0 N–H and O–H groups in total. The summed E-state index contributed by atoms with van der Waals surface area (Å²) in [6.45, 7) is 3.86. The van der Waals surface area contributed by atoms with Gasteiger partial charge in [0.1, 0.15) is 45.3 Å². The summed E-state index contributed by atoms with van der Waals surface area (Å²) in [6, 6.07) is 10.4. The van der Waals surface area contributed by atoms with Crippen LogP contribution in [0, 0.1) is 0 Å². The molecule has 0 saturated carbocycles. The van der Waals surface area contributed by atoms with Crippen LogP contribution in [0.25, 0.3) is 46.2 Å². The first-order chi connectivity index (χ1) is 17.6. The van der Waals surface area contributed by atoms with Crippen molar-refractivity contribution < 1.29 is 36.7 Å². The van der Waals surface area contributed by atoms with E-state index in [2.05, 4.69) is 0 Å². The van der Waals surface area contributed by atoms with Gasteiger partial charge in [0.25, 0.3) is 0 Å². The number of hydrogen-bond donors (Lipinski definition) is 0. The molecule has 36 heavy (non-hydrogen) atoms. The van der Waals surface area contributed by atoms with Gasteiger partial charge in [-0.3, -0.25) is 0 Å². The molecule has 0 bridgehead atoms. The van der Waals surface area contributed by atoms with E-state index in [-0.39, 0.29) is 24.3 Å². The predicted octanol–water partition coefficient (Wildman–Crippen LogP) is 7.06. The van der Waals surface area contributed by atoms with Gasteiger partial charge in [0, 0.05) is 10.8 Å². The van der Waals surface area contributed by atoms with E-state index in [9.17, 15) is 9.59 Å². The molecule has 0 atom stereocenters. The summed E-state index contributed by atoms with van der Waals surface area (Å²) >= 11 is 0. The van der Waals surface area contributed by atoms with Crippen molar-refractivity contribution in [3.63, 3.8) is 0 Å². The molecule has 0 aliphatic rings. The zero-order valence-corrected chi connectivity index (χ0v) is 19.6. The highest BCUT2D eigenvalue weighted by Crippen LogP contribution is 2.36. The minimum atomic E-state index is -0.537. The second kappa shape index (κ2) is 9.87. The fraction of sp³-hybridized carbons (Fsp3) is 0.143. The zero-order valence-electron chi connectivity index (χ0n) is 19.6. The number of esters is 2. The normalized spacial score (nSPS) is 11.8. The topological polar surface area (TPSA) is 105 Å². The fourth-order valence-electron chi connectivity index (χ4n) is 3.87. The van der Waals surface area contributed by atoms with Crippen LogP contribution in [-0.2, 0) is 9.47 Å². The summed E-state index contributed by atoms with van der Waals surface area (Å²) in [5, 5.41) is 0.983. The standard InChI is InChI=1S/C28H22O8/c1-3-31-27(29)25-19-15-24-20(16-23(19)35-21(25)11-9-17-7-5-13-33-17)26(28(30)32-4-2)22(36-24)12-10-18-8-6-14-34-18/h5-16H,3-4H2,1-2H3/b11-9+,12-10+. The van der Waals surface area contributed by atoms with Crippen molar-refractivity contribution in [1.29, 1.82) is 0 Å². The molecule has 0 aliphatic heterocycles. The quantitative estimate of drug-likeness (QED) is 0.215. The highest BCUT2D eigenvalue weighted by atomic mass is 16.5. The largest absolute Gasteiger partial charge is 0.465 e. The summed E-state index contributed by atoms with van der Waals surface area (Å²) in [7, 11) is 0. The second-order valence-electron chi connectivity index (χ2n) is 7.67. The molecule has 0 aliphatic carbocycles. The Bertz CT molecular complexity index is 1450. The van der Waals surface area contributed by atoms with Gasteiger partial charge in [0.2, 0.25) is 0 Å². The van der Waals surface area contributed by atoms with Crippen LogP contribution < -0.4 is 0 Å².